The van der Waals surface area contributed by atoms with Crippen LogP contribution in [0.1, 0.15) is 97.3 Å². The molecule has 0 unspecified atom stereocenters. The fraction of sp³-hybridized carbons (Fsp3) is 0.900. The summed E-state index contributed by atoms with van der Waals surface area (Å²) >= 11 is 0. The lowest BCUT2D eigenvalue weighted by Crippen LogP contribution is -2.26. The molecule has 130 valence electrons. The van der Waals surface area contributed by atoms with Gasteiger partial charge in [-0.2, -0.15) is 0 Å². The fourth-order valence-electron chi connectivity index (χ4n) is 3.17. The molecule has 0 aliphatic carbocycles. The Kier molecular flexibility index (Phi) is 12.3. The maximum absolute atomic E-state index is 2.49. The molecule has 0 atom stereocenters. The van der Waals surface area contributed by atoms with Gasteiger partial charge in [-0.3, -0.25) is 0 Å². The van der Waals surface area contributed by atoms with Gasteiger partial charge in [-0.15, -0.1) is 0 Å². The highest BCUT2D eigenvalue weighted by Crippen LogP contribution is 2.12. The molecule has 1 aliphatic rings. The SMILES string of the molecule is CCCCCCCCCN1C=CN(CCCCCCCC)C1. The molecular formula is C20H40N2. The van der Waals surface area contributed by atoms with E-state index in [1.165, 1.54) is 96.6 Å². The van der Waals surface area contributed by atoms with Crippen LogP contribution in [0.25, 0.3) is 0 Å². The summed E-state index contributed by atoms with van der Waals surface area (Å²) in [6.45, 7) is 8.20. The van der Waals surface area contributed by atoms with E-state index in [0.717, 1.165) is 6.67 Å². The minimum Gasteiger partial charge on any atom is -0.359 e. The van der Waals surface area contributed by atoms with Gasteiger partial charge < -0.3 is 9.80 Å². The quantitative estimate of drug-likeness (QED) is 0.335. The van der Waals surface area contributed by atoms with Crippen molar-refractivity contribution in [3.63, 3.8) is 0 Å². The smallest absolute Gasteiger partial charge is 0.0893 e. The molecule has 0 radical (unpaired) electrons. The monoisotopic (exact) mass is 308 g/mol. The van der Waals surface area contributed by atoms with Gasteiger partial charge in [-0.25, -0.2) is 0 Å². The Labute approximate surface area is 139 Å². The highest BCUT2D eigenvalue weighted by Gasteiger charge is 2.10. The second-order valence-corrected chi connectivity index (χ2v) is 6.95. The van der Waals surface area contributed by atoms with Crippen LogP contribution in [0.3, 0.4) is 0 Å². The molecule has 1 rings (SSSR count). The maximum Gasteiger partial charge on any atom is 0.0893 e. The highest BCUT2D eigenvalue weighted by molar-refractivity contribution is 4.90. The van der Waals surface area contributed by atoms with E-state index in [0.29, 0.717) is 0 Å². The van der Waals surface area contributed by atoms with Crippen molar-refractivity contribution in [3.05, 3.63) is 12.4 Å². The first kappa shape index (κ1) is 19.4. The summed E-state index contributed by atoms with van der Waals surface area (Å²) in [6.07, 6.45) is 22.8. The number of hydrogen-bond donors (Lipinski definition) is 0. The largest absolute Gasteiger partial charge is 0.359 e. The molecule has 0 spiro atoms. The van der Waals surface area contributed by atoms with Crippen molar-refractivity contribution in [2.75, 3.05) is 19.8 Å². The standard InChI is InChI=1S/C20H40N2/c1-3-5-7-9-11-13-15-17-22-19-18-21(20-22)16-14-12-10-8-6-4-2/h18-19H,3-17,20H2,1-2H3. The van der Waals surface area contributed by atoms with Gasteiger partial charge in [0.05, 0.1) is 6.67 Å². The summed E-state index contributed by atoms with van der Waals surface area (Å²) in [6, 6.07) is 0. The van der Waals surface area contributed by atoms with E-state index in [1.807, 2.05) is 0 Å². The Morgan fingerprint density at radius 3 is 1.32 bits per heavy atom. The van der Waals surface area contributed by atoms with E-state index in [2.05, 4.69) is 36.0 Å². The Morgan fingerprint density at radius 1 is 0.545 bits per heavy atom. The molecular weight excluding hydrogens is 268 g/mol. The van der Waals surface area contributed by atoms with Crippen molar-refractivity contribution < 1.29 is 0 Å². The van der Waals surface area contributed by atoms with Crippen molar-refractivity contribution in [2.24, 2.45) is 0 Å². The molecule has 0 saturated carbocycles. The summed E-state index contributed by atoms with van der Waals surface area (Å²) in [5, 5.41) is 0. The van der Waals surface area contributed by atoms with Crippen LogP contribution in [-0.2, 0) is 0 Å². The minimum atomic E-state index is 1.13. The molecule has 22 heavy (non-hydrogen) atoms. The lowest BCUT2D eigenvalue weighted by Gasteiger charge is -2.21. The van der Waals surface area contributed by atoms with Gasteiger partial charge in [0.25, 0.3) is 0 Å². The number of unbranched alkanes of at least 4 members (excludes halogenated alkanes) is 11. The average molecular weight is 309 g/mol. The first-order valence-corrected chi connectivity index (χ1v) is 10.0. The van der Waals surface area contributed by atoms with Crippen molar-refractivity contribution >= 4 is 0 Å². The summed E-state index contributed by atoms with van der Waals surface area (Å²) < 4.78 is 0. The summed E-state index contributed by atoms with van der Waals surface area (Å²) in [5.74, 6) is 0. The van der Waals surface area contributed by atoms with Crippen LogP contribution in [0.5, 0.6) is 0 Å². The molecule has 0 fully saturated rings. The third-order valence-electron chi connectivity index (χ3n) is 4.70. The zero-order valence-corrected chi connectivity index (χ0v) is 15.4. The second-order valence-electron chi connectivity index (χ2n) is 6.95. The second kappa shape index (κ2) is 14.0. The van der Waals surface area contributed by atoms with Crippen LogP contribution >= 0.6 is 0 Å². The van der Waals surface area contributed by atoms with Gasteiger partial charge >= 0.3 is 0 Å². The molecule has 0 bridgehead atoms. The van der Waals surface area contributed by atoms with E-state index >= 15 is 0 Å². The first-order chi connectivity index (χ1) is 10.9. The van der Waals surface area contributed by atoms with Crippen LogP contribution in [-0.4, -0.2) is 29.6 Å². The van der Waals surface area contributed by atoms with Crippen LogP contribution in [0.2, 0.25) is 0 Å². The normalized spacial score (nSPS) is 14.3. The van der Waals surface area contributed by atoms with Gasteiger partial charge in [0, 0.05) is 25.5 Å². The van der Waals surface area contributed by atoms with Gasteiger partial charge in [0.15, 0.2) is 0 Å². The Morgan fingerprint density at radius 2 is 0.909 bits per heavy atom. The van der Waals surface area contributed by atoms with Gasteiger partial charge in [-0.05, 0) is 12.8 Å². The van der Waals surface area contributed by atoms with Crippen molar-refractivity contribution in [1.29, 1.82) is 0 Å². The van der Waals surface area contributed by atoms with E-state index in [9.17, 15) is 0 Å². The minimum absolute atomic E-state index is 1.13. The molecule has 0 aromatic rings. The highest BCUT2D eigenvalue weighted by atomic mass is 15.3. The van der Waals surface area contributed by atoms with E-state index in [4.69, 9.17) is 0 Å². The lowest BCUT2D eigenvalue weighted by molar-refractivity contribution is 0.257. The molecule has 0 saturated heterocycles. The van der Waals surface area contributed by atoms with Crippen molar-refractivity contribution in [1.82, 2.24) is 9.80 Å². The molecule has 2 heteroatoms. The van der Waals surface area contributed by atoms with Crippen molar-refractivity contribution in [2.45, 2.75) is 97.3 Å². The van der Waals surface area contributed by atoms with E-state index in [-0.39, 0.29) is 0 Å². The third kappa shape index (κ3) is 10.1. The molecule has 0 aromatic heterocycles. The van der Waals surface area contributed by atoms with Gasteiger partial charge in [0.2, 0.25) is 0 Å². The van der Waals surface area contributed by atoms with Gasteiger partial charge in [-0.1, -0.05) is 84.5 Å². The molecule has 2 nitrogen and oxygen atoms in total. The third-order valence-corrected chi connectivity index (χ3v) is 4.70. The Balaban J connectivity index is 1.88. The maximum atomic E-state index is 2.49. The van der Waals surface area contributed by atoms with Gasteiger partial charge in [0.1, 0.15) is 0 Å². The van der Waals surface area contributed by atoms with E-state index < -0.39 is 0 Å². The first-order valence-electron chi connectivity index (χ1n) is 10.0. The fourth-order valence-corrected chi connectivity index (χ4v) is 3.17. The Bertz CT molecular complexity index is 262. The van der Waals surface area contributed by atoms with Crippen LogP contribution < -0.4 is 0 Å². The molecule has 0 amide bonds. The zero-order valence-electron chi connectivity index (χ0n) is 15.4. The number of nitrogens with zero attached hydrogens (tertiary/aromatic N) is 2. The van der Waals surface area contributed by atoms with Crippen LogP contribution in [0.15, 0.2) is 12.4 Å². The average Bonchev–Trinajstić information content (AvgIpc) is 2.98. The van der Waals surface area contributed by atoms with E-state index in [1.54, 1.807) is 0 Å². The number of rotatable bonds is 15. The predicted molar refractivity (Wildman–Crippen MR) is 98.8 cm³/mol. The number of hydrogen-bond acceptors (Lipinski definition) is 2. The summed E-state index contributed by atoms with van der Waals surface area (Å²) in [7, 11) is 0. The topological polar surface area (TPSA) is 6.48 Å². The molecule has 1 aliphatic heterocycles. The zero-order chi connectivity index (χ0) is 15.9. The van der Waals surface area contributed by atoms with Crippen LogP contribution in [0.4, 0.5) is 0 Å². The lowest BCUT2D eigenvalue weighted by atomic mass is 10.1. The summed E-state index contributed by atoms with van der Waals surface area (Å²) in [4.78, 5) is 4.98. The molecule has 1 heterocycles. The predicted octanol–water partition coefficient (Wildman–Crippen LogP) is 6.14. The molecule has 0 N–H and O–H groups in total. The Hall–Kier alpha value is -0.660. The van der Waals surface area contributed by atoms with Crippen LogP contribution in [0, 0.1) is 0 Å². The molecule has 0 aromatic carbocycles. The van der Waals surface area contributed by atoms with Crippen molar-refractivity contribution in [3.8, 4) is 0 Å². The summed E-state index contributed by atoms with van der Waals surface area (Å²) in [5.41, 5.74) is 0.